The molecule has 0 radical (unpaired) electrons. The highest BCUT2D eigenvalue weighted by Gasteiger charge is 2.25. The molecule has 4 nitrogen and oxygen atoms in total. The smallest absolute Gasteiger partial charge is 0.237 e. The van der Waals surface area contributed by atoms with Crippen molar-refractivity contribution in [3.05, 3.63) is 30.1 Å². The van der Waals surface area contributed by atoms with Gasteiger partial charge in [-0.15, -0.1) is 0 Å². The second kappa shape index (κ2) is 6.89. The van der Waals surface area contributed by atoms with Gasteiger partial charge in [0.25, 0.3) is 0 Å². The van der Waals surface area contributed by atoms with Crippen molar-refractivity contribution in [2.75, 3.05) is 18.0 Å². The first kappa shape index (κ1) is 15.8. The second-order valence-electron chi connectivity index (χ2n) is 6.01. The number of nitrogens with two attached hydrogens (primary N) is 1. The van der Waals surface area contributed by atoms with Crippen molar-refractivity contribution < 1.29 is 9.18 Å². The average Bonchev–Trinajstić information content (AvgIpc) is 2.47. The Morgan fingerprint density at radius 2 is 2.14 bits per heavy atom. The van der Waals surface area contributed by atoms with E-state index < -0.39 is 6.04 Å². The van der Waals surface area contributed by atoms with Gasteiger partial charge in [-0.2, -0.15) is 0 Å². The Bertz CT molecular complexity index is 492. The molecule has 3 N–H and O–H groups in total. The largest absolute Gasteiger partial charge is 0.367 e. The highest BCUT2D eigenvalue weighted by Crippen LogP contribution is 2.22. The number of carbonyl (C=O) groups is 1. The molecule has 0 aliphatic carbocycles. The van der Waals surface area contributed by atoms with Crippen LogP contribution < -0.4 is 16.0 Å². The van der Waals surface area contributed by atoms with Gasteiger partial charge in [0.05, 0.1) is 11.7 Å². The Labute approximate surface area is 125 Å². The van der Waals surface area contributed by atoms with Crippen molar-refractivity contribution >= 4 is 11.6 Å². The molecule has 21 heavy (non-hydrogen) atoms. The van der Waals surface area contributed by atoms with E-state index in [0.717, 1.165) is 19.4 Å². The number of carbonyl (C=O) groups excluding carboxylic acids is 1. The first-order valence-electron chi connectivity index (χ1n) is 7.54. The Balaban J connectivity index is 1.98. The number of nitrogens with zero attached hydrogens (tertiary/aromatic N) is 1. The number of rotatable bonds is 4. The standard InChI is InChI=1S/C16H24FN3O/c1-11(2)15(18)16(21)19-12-6-5-9-20(10-12)14-8-4-3-7-13(14)17/h3-4,7-8,11-12,15H,5-6,9-10,18H2,1-2H3,(H,19,21)/t12?,15-/m0/s1. The Kier molecular flexibility index (Phi) is 5.17. The van der Waals surface area contributed by atoms with Gasteiger partial charge in [-0.25, -0.2) is 4.39 Å². The molecule has 0 bridgehead atoms. The number of nitrogens with one attached hydrogen (secondary N) is 1. The number of para-hydroxylation sites is 1. The SMILES string of the molecule is CC(C)[C@H](N)C(=O)NC1CCCN(c2ccccc2F)C1. The zero-order chi connectivity index (χ0) is 15.4. The summed E-state index contributed by atoms with van der Waals surface area (Å²) in [5.74, 6) is -0.231. The number of hydrogen-bond acceptors (Lipinski definition) is 3. The summed E-state index contributed by atoms with van der Waals surface area (Å²) in [6.45, 7) is 5.29. The number of benzene rings is 1. The summed E-state index contributed by atoms with van der Waals surface area (Å²) >= 11 is 0. The van der Waals surface area contributed by atoms with Gasteiger partial charge in [0.1, 0.15) is 5.82 Å². The Morgan fingerprint density at radius 1 is 1.43 bits per heavy atom. The molecule has 2 rings (SSSR count). The molecule has 1 saturated heterocycles. The fraction of sp³-hybridized carbons (Fsp3) is 0.562. The molecular formula is C16H24FN3O. The lowest BCUT2D eigenvalue weighted by Gasteiger charge is -2.35. The van der Waals surface area contributed by atoms with E-state index in [1.807, 2.05) is 24.8 Å². The molecule has 1 aliphatic heterocycles. The van der Waals surface area contributed by atoms with Gasteiger partial charge in [-0.1, -0.05) is 26.0 Å². The van der Waals surface area contributed by atoms with Crippen LogP contribution in [0.25, 0.3) is 0 Å². The number of hydrogen-bond donors (Lipinski definition) is 2. The third-order valence-electron chi connectivity index (χ3n) is 3.98. The van der Waals surface area contributed by atoms with Crippen LogP contribution in [-0.2, 0) is 4.79 Å². The van der Waals surface area contributed by atoms with Gasteiger partial charge in [0, 0.05) is 19.1 Å². The van der Waals surface area contributed by atoms with E-state index in [1.165, 1.54) is 6.07 Å². The third-order valence-corrected chi connectivity index (χ3v) is 3.98. The van der Waals surface area contributed by atoms with Crippen molar-refractivity contribution in [3.63, 3.8) is 0 Å². The fourth-order valence-corrected chi connectivity index (χ4v) is 2.62. The Morgan fingerprint density at radius 3 is 2.81 bits per heavy atom. The van der Waals surface area contributed by atoms with E-state index >= 15 is 0 Å². The molecule has 1 aromatic rings. The minimum atomic E-state index is -0.492. The second-order valence-corrected chi connectivity index (χ2v) is 6.01. The fourth-order valence-electron chi connectivity index (χ4n) is 2.62. The summed E-state index contributed by atoms with van der Waals surface area (Å²) in [6, 6.07) is 6.29. The monoisotopic (exact) mass is 293 g/mol. The zero-order valence-corrected chi connectivity index (χ0v) is 12.7. The van der Waals surface area contributed by atoms with E-state index in [0.29, 0.717) is 12.2 Å². The predicted octanol–water partition coefficient (Wildman–Crippen LogP) is 1.89. The number of amides is 1. The van der Waals surface area contributed by atoms with E-state index in [-0.39, 0.29) is 23.7 Å². The molecule has 1 aliphatic rings. The van der Waals surface area contributed by atoms with Crippen molar-refractivity contribution in [2.24, 2.45) is 11.7 Å². The minimum absolute atomic E-state index is 0.0238. The average molecular weight is 293 g/mol. The topological polar surface area (TPSA) is 58.4 Å². The van der Waals surface area contributed by atoms with Crippen LogP contribution in [0.4, 0.5) is 10.1 Å². The van der Waals surface area contributed by atoms with Gasteiger partial charge < -0.3 is 16.0 Å². The highest BCUT2D eigenvalue weighted by molar-refractivity contribution is 5.82. The van der Waals surface area contributed by atoms with Gasteiger partial charge in [-0.05, 0) is 30.9 Å². The normalized spacial score (nSPS) is 20.4. The summed E-state index contributed by atoms with van der Waals surface area (Å²) in [7, 11) is 0. The van der Waals surface area contributed by atoms with Crippen LogP contribution in [0.5, 0.6) is 0 Å². The number of halogens is 1. The molecule has 1 fully saturated rings. The van der Waals surface area contributed by atoms with E-state index in [9.17, 15) is 9.18 Å². The molecule has 0 spiro atoms. The van der Waals surface area contributed by atoms with Gasteiger partial charge in [0.2, 0.25) is 5.91 Å². The molecule has 5 heteroatoms. The predicted molar refractivity (Wildman–Crippen MR) is 82.6 cm³/mol. The van der Waals surface area contributed by atoms with Gasteiger partial charge in [0.15, 0.2) is 0 Å². The zero-order valence-electron chi connectivity index (χ0n) is 12.7. The molecular weight excluding hydrogens is 269 g/mol. The maximum absolute atomic E-state index is 13.8. The van der Waals surface area contributed by atoms with Gasteiger partial charge >= 0.3 is 0 Å². The molecule has 0 aromatic heterocycles. The quantitative estimate of drug-likeness (QED) is 0.891. The summed E-state index contributed by atoms with van der Waals surface area (Å²) in [4.78, 5) is 14.0. The van der Waals surface area contributed by atoms with Crippen molar-refractivity contribution in [1.29, 1.82) is 0 Å². The van der Waals surface area contributed by atoms with Crippen LogP contribution in [0.1, 0.15) is 26.7 Å². The lowest BCUT2D eigenvalue weighted by molar-refractivity contribution is -0.124. The van der Waals surface area contributed by atoms with E-state index in [4.69, 9.17) is 5.73 Å². The Hall–Kier alpha value is -1.62. The summed E-state index contributed by atoms with van der Waals surface area (Å²) in [5.41, 5.74) is 6.46. The summed E-state index contributed by atoms with van der Waals surface area (Å²) in [5, 5.41) is 2.99. The van der Waals surface area contributed by atoms with Crippen molar-refractivity contribution in [2.45, 2.75) is 38.8 Å². The molecule has 1 unspecified atom stereocenters. The van der Waals surface area contributed by atoms with Crippen molar-refractivity contribution in [3.8, 4) is 0 Å². The summed E-state index contributed by atoms with van der Waals surface area (Å²) < 4.78 is 13.8. The van der Waals surface area contributed by atoms with Crippen LogP contribution >= 0.6 is 0 Å². The van der Waals surface area contributed by atoms with E-state index in [1.54, 1.807) is 12.1 Å². The lowest BCUT2D eigenvalue weighted by Crippen LogP contribution is -2.53. The van der Waals surface area contributed by atoms with Crippen LogP contribution in [0.15, 0.2) is 24.3 Å². The summed E-state index contributed by atoms with van der Waals surface area (Å²) in [6.07, 6.45) is 1.83. The minimum Gasteiger partial charge on any atom is -0.367 e. The number of piperidine rings is 1. The first-order valence-corrected chi connectivity index (χ1v) is 7.54. The van der Waals surface area contributed by atoms with Crippen LogP contribution in [-0.4, -0.2) is 31.1 Å². The first-order chi connectivity index (χ1) is 9.99. The van der Waals surface area contributed by atoms with Crippen LogP contribution in [0.3, 0.4) is 0 Å². The molecule has 116 valence electrons. The lowest BCUT2D eigenvalue weighted by atomic mass is 10.0. The van der Waals surface area contributed by atoms with Crippen molar-refractivity contribution in [1.82, 2.24) is 5.32 Å². The molecule has 2 atom stereocenters. The number of anilines is 1. The molecule has 1 aromatic carbocycles. The van der Waals surface area contributed by atoms with E-state index in [2.05, 4.69) is 5.32 Å². The highest BCUT2D eigenvalue weighted by atomic mass is 19.1. The molecule has 0 saturated carbocycles. The van der Waals surface area contributed by atoms with Gasteiger partial charge in [-0.3, -0.25) is 4.79 Å². The van der Waals surface area contributed by atoms with Crippen LogP contribution in [0.2, 0.25) is 0 Å². The maximum Gasteiger partial charge on any atom is 0.237 e. The third kappa shape index (κ3) is 3.94. The molecule has 1 heterocycles. The maximum atomic E-state index is 13.8. The van der Waals surface area contributed by atoms with Crippen LogP contribution in [0, 0.1) is 11.7 Å². The molecule has 1 amide bonds.